The molecule has 1 aromatic carbocycles. The van der Waals surface area contributed by atoms with Gasteiger partial charge in [-0.05, 0) is 24.3 Å². The molecule has 2 heteroatoms. The summed E-state index contributed by atoms with van der Waals surface area (Å²) in [6.07, 6.45) is 0. The molecule has 1 rings (SSSR count). The molecule has 0 atom stereocenters. The number of hydrogen-bond acceptors (Lipinski definition) is 2. The van der Waals surface area contributed by atoms with Crippen LogP contribution in [-0.2, 0) is 0 Å². The molecular weight excluding hydrogens is 126 g/mol. The maximum atomic E-state index is 6.90. The Bertz CT molecular complexity index is 210. The predicted octanol–water partition coefficient (Wildman–Crippen LogP) is 1.74. The maximum Gasteiger partial charge on any atom is 0.119 e. The molecule has 0 radical (unpaired) electrons. The fraction of sp³-hybridized carbons (Fsp3) is 0.250. The van der Waals surface area contributed by atoms with Gasteiger partial charge in [-0.3, -0.25) is 0 Å². The van der Waals surface area contributed by atoms with Gasteiger partial charge in [-0.1, -0.05) is 0 Å². The average Bonchev–Trinajstić information content (AvgIpc) is 2.07. The fourth-order valence-corrected chi connectivity index (χ4v) is 0.709. The number of benzene rings is 1. The molecule has 54 valence electrons. The maximum absolute atomic E-state index is 6.90. The molecular formula is C8H11NO. The molecule has 2 nitrogen and oxygen atoms in total. The quantitative estimate of drug-likeness (QED) is 0.672. The van der Waals surface area contributed by atoms with Crippen molar-refractivity contribution in [1.29, 1.82) is 0 Å². The van der Waals surface area contributed by atoms with Gasteiger partial charge in [0.2, 0.25) is 0 Å². The third-order valence-electron chi connectivity index (χ3n) is 1.29. The van der Waals surface area contributed by atoms with Crippen LogP contribution in [0.15, 0.2) is 24.3 Å². The van der Waals surface area contributed by atoms with Crippen LogP contribution in [0.5, 0.6) is 5.75 Å². The van der Waals surface area contributed by atoms with Gasteiger partial charge < -0.3 is 10.1 Å². The van der Waals surface area contributed by atoms with Gasteiger partial charge in [0.05, 0.1) is 7.11 Å². The van der Waals surface area contributed by atoms with Gasteiger partial charge in [-0.15, -0.1) is 0 Å². The zero-order chi connectivity index (χ0) is 8.10. The fourth-order valence-electron chi connectivity index (χ4n) is 0.709. The molecule has 1 aromatic rings. The van der Waals surface area contributed by atoms with E-state index in [2.05, 4.69) is 5.32 Å². The smallest absolute Gasteiger partial charge is 0.119 e. The van der Waals surface area contributed by atoms with Crippen molar-refractivity contribution in [3.63, 3.8) is 0 Å². The third kappa shape index (κ3) is 1.41. The lowest BCUT2D eigenvalue weighted by Crippen LogP contribution is -1.87. The second kappa shape index (κ2) is 3.11. The van der Waals surface area contributed by atoms with Gasteiger partial charge in [0.1, 0.15) is 5.75 Å². The zero-order valence-corrected chi connectivity index (χ0v) is 5.92. The summed E-state index contributed by atoms with van der Waals surface area (Å²) >= 11 is 0. The summed E-state index contributed by atoms with van der Waals surface area (Å²) in [6, 6.07) is 7.48. The van der Waals surface area contributed by atoms with Gasteiger partial charge in [-0.2, -0.15) is 0 Å². The van der Waals surface area contributed by atoms with Crippen LogP contribution >= 0.6 is 0 Å². The topological polar surface area (TPSA) is 21.3 Å². The lowest BCUT2D eigenvalue weighted by atomic mass is 10.3. The molecule has 0 fully saturated rings. The molecule has 0 saturated heterocycles. The van der Waals surface area contributed by atoms with Crippen LogP contribution in [0.2, 0.25) is 0 Å². The molecule has 0 aromatic heterocycles. The summed E-state index contributed by atoms with van der Waals surface area (Å²) in [5, 5.41) is 2.87. The molecule has 0 heterocycles. The Morgan fingerprint density at radius 2 is 2.10 bits per heavy atom. The molecule has 0 aliphatic carbocycles. The minimum Gasteiger partial charge on any atom is -0.497 e. The number of ether oxygens (including phenoxy) is 1. The SMILES string of the molecule is [2H]CNc1ccc(OC)cc1. The summed E-state index contributed by atoms with van der Waals surface area (Å²) < 4.78 is 11.9. The number of rotatable bonds is 2. The zero-order valence-electron chi connectivity index (χ0n) is 6.92. The lowest BCUT2D eigenvalue weighted by molar-refractivity contribution is 0.415. The summed E-state index contributed by atoms with van der Waals surface area (Å²) in [4.78, 5) is 0. The highest BCUT2D eigenvalue weighted by Gasteiger charge is 1.88. The first-order valence-corrected chi connectivity index (χ1v) is 3.04. The van der Waals surface area contributed by atoms with Crippen molar-refractivity contribution in [2.45, 2.75) is 0 Å². The molecule has 10 heavy (non-hydrogen) atoms. The van der Waals surface area contributed by atoms with Gasteiger partial charge in [0.15, 0.2) is 0 Å². The van der Waals surface area contributed by atoms with Crippen LogP contribution in [0.3, 0.4) is 0 Å². The van der Waals surface area contributed by atoms with E-state index in [1.807, 2.05) is 24.3 Å². The van der Waals surface area contributed by atoms with Crippen molar-refractivity contribution in [3.05, 3.63) is 24.3 Å². The Kier molecular flexibility index (Phi) is 1.74. The molecule has 0 amide bonds. The Labute approximate surface area is 62.2 Å². The second-order valence-electron chi connectivity index (χ2n) is 1.91. The lowest BCUT2D eigenvalue weighted by Gasteiger charge is -2.00. The minimum absolute atomic E-state index is 0.201. The third-order valence-corrected chi connectivity index (χ3v) is 1.29. The molecule has 0 aliphatic rings. The number of anilines is 1. The highest BCUT2D eigenvalue weighted by molar-refractivity contribution is 5.45. The first kappa shape index (κ1) is 5.59. The van der Waals surface area contributed by atoms with Crippen molar-refractivity contribution in [1.82, 2.24) is 0 Å². The second-order valence-corrected chi connectivity index (χ2v) is 1.91. The Balaban J connectivity index is 2.66. The van der Waals surface area contributed by atoms with Gasteiger partial charge in [0, 0.05) is 14.1 Å². The standard InChI is InChI=1S/C8H11NO/c1-9-7-3-5-8(10-2)6-4-7/h3-6,9H,1-2H3/i1D. The minimum atomic E-state index is 0.201. The highest BCUT2D eigenvalue weighted by atomic mass is 16.5. The van der Waals surface area contributed by atoms with Crippen LogP contribution in [0, 0.1) is 0 Å². The predicted molar refractivity (Wildman–Crippen MR) is 42.5 cm³/mol. The Morgan fingerprint density at radius 1 is 1.40 bits per heavy atom. The number of hydrogen-bond donors (Lipinski definition) is 1. The van der Waals surface area contributed by atoms with Crippen LogP contribution in [-0.4, -0.2) is 14.1 Å². The van der Waals surface area contributed by atoms with Crippen LogP contribution in [0.4, 0.5) is 5.69 Å². The van der Waals surface area contributed by atoms with Gasteiger partial charge >= 0.3 is 0 Å². The van der Waals surface area contributed by atoms with Gasteiger partial charge in [-0.25, -0.2) is 0 Å². The first-order valence-electron chi connectivity index (χ1n) is 3.74. The van der Waals surface area contributed by atoms with E-state index in [4.69, 9.17) is 6.11 Å². The molecule has 0 spiro atoms. The van der Waals surface area contributed by atoms with Crippen molar-refractivity contribution in [2.75, 3.05) is 19.5 Å². The molecule has 0 bridgehead atoms. The van der Waals surface area contributed by atoms with E-state index < -0.39 is 0 Å². The molecule has 0 aliphatic heterocycles. The normalized spacial score (nSPS) is 10.3. The summed E-state index contributed by atoms with van der Waals surface area (Å²) in [5.74, 6) is 0.834. The van der Waals surface area contributed by atoms with Crippen LogP contribution in [0.1, 0.15) is 1.37 Å². The molecule has 0 saturated carbocycles. The highest BCUT2D eigenvalue weighted by Crippen LogP contribution is 2.13. The van der Waals surface area contributed by atoms with E-state index in [1.165, 1.54) is 0 Å². The van der Waals surface area contributed by atoms with Crippen molar-refractivity contribution in [3.8, 4) is 5.75 Å². The Morgan fingerprint density at radius 3 is 2.60 bits per heavy atom. The van der Waals surface area contributed by atoms with Crippen LogP contribution < -0.4 is 10.1 Å². The van der Waals surface area contributed by atoms with E-state index in [-0.39, 0.29) is 7.02 Å². The van der Waals surface area contributed by atoms with Gasteiger partial charge in [0.25, 0.3) is 0 Å². The monoisotopic (exact) mass is 138 g/mol. The van der Waals surface area contributed by atoms with Crippen molar-refractivity contribution >= 4 is 5.69 Å². The average molecular weight is 138 g/mol. The van der Waals surface area contributed by atoms with E-state index in [0.29, 0.717) is 0 Å². The first-order chi connectivity index (χ1) is 5.36. The Hall–Kier alpha value is -1.18. The van der Waals surface area contributed by atoms with E-state index >= 15 is 0 Å². The largest absolute Gasteiger partial charge is 0.497 e. The van der Waals surface area contributed by atoms with Crippen molar-refractivity contribution < 1.29 is 6.11 Å². The van der Waals surface area contributed by atoms with Crippen LogP contribution in [0.25, 0.3) is 0 Å². The molecule has 0 unspecified atom stereocenters. The summed E-state index contributed by atoms with van der Waals surface area (Å²) in [6.45, 7) is 0. The molecule has 1 N–H and O–H groups in total. The summed E-state index contributed by atoms with van der Waals surface area (Å²) in [7, 11) is 1.83. The van der Waals surface area contributed by atoms with E-state index in [9.17, 15) is 0 Å². The number of nitrogens with one attached hydrogen (secondary N) is 1. The van der Waals surface area contributed by atoms with Crippen molar-refractivity contribution in [2.24, 2.45) is 0 Å². The number of methoxy groups -OCH3 is 1. The van der Waals surface area contributed by atoms with E-state index in [0.717, 1.165) is 11.4 Å². The summed E-state index contributed by atoms with van der Waals surface area (Å²) in [5.41, 5.74) is 0.945. The van der Waals surface area contributed by atoms with E-state index in [1.54, 1.807) is 7.11 Å².